The van der Waals surface area contributed by atoms with Gasteiger partial charge in [-0.3, -0.25) is 9.59 Å². The van der Waals surface area contributed by atoms with E-state index in [1.54, 1.807) is 23.5 Å². The van der Waals surface area contributed by atoms with Crippen LogP contribution in [-0.4, -0.2) is 116 Å². The zero-order valence-corrected chi connectivity index (χ0v) is 42.5. The summed E-state index contributed by atoms with van der Waals surface area (Å²) in [6.07, 6.45) is 20.6. The number of H-pyrrole nitrogens is 2. The van der Waals surface area contributed by atoms with Crippen molar-refractivity contribution in [1.29, 1.82) is 0 Å². The van der Waals surface area contributed by atoms with Crippen LogP contribution in [0.25, 0.3) is 22.5 Å². The Hall–Kier alpha value is -4.96. The van der Waals surface area contributed by atoms with Crippen molar-refractivity contribution in [2.75, 3.05) is 38.2 Å². The number of nitrogens with one attached hydrogen (secondary N) is 4. The van der Waals surface area contributed by atoms with Gasteiger partial charge in [-0.1, -0.05) is 56.9 Å². The lowest BCUT2D eigenvalue weighted by atomic mass is 9.84. The maximum atomic E-state index is 14.5. The molecule has 2 saturated heterocycles. The zero-order chi connectivity index (χ0) is 48.2. The highest BCUT2D eigenvalue weighted by Crippen LogP contribution is 2.48. The van der Waals surface area contributed by atoms with Gasteiger partial charge in [0.25, 0.3) is 0 Å². The molecule has 69 heavy (non-hydrogen) atoms. The van der Waals surface area contributed by atoms with E-state index in [0.717, 1.165) is 129 Å². The molecule has 4 unspecified atom stereocenters. The predicted molar refractivity (Wildman–Crippen MR) is 272 cm³/mol. The van der Waals surface area contributed by atoms with E-state index in [-0.39, 0.29) is 41.9 Å². The number of aryl methyl sites for hydroxylation is 2. The summed E-state index contributed by atoms with van der Waals surface area (Å²) in [5.74, 6) is 3.96. The van der Waals surface area contributed by atoms with Gasteiger partial charge in [0.15, 0.2) is 0 Å². The first-order valence-electron chi connectivity index (χ1n) is 25.2. The molecule has 4 fully saturated rings. The molecule has 2 aromatic heterocycles. The predicted octanol–water partition coefficient (Wildman–Crippen LogP) is 9.53. The van der Waals surface area contributed by atoms with Crippen LogP contribution in [0.15, 0.2) is 48.8 Å². The van der Waals surface area contributed by atoms with Gasteiger partial charge in [-0.15, -0.1) is 0 Å². The number of fused-ring (bicyclic) bond motifs is 2. The topological polar surface area (TPSA) is 175 Å². The smallest absolute Gasteiger partial charge is 0.407 e. The molecule has 12 rings (SSSR count). The van der Waals surface area contributed by atoms with Crippen LogP contribution in [0.2, 0.25) is 0 Å². The number of amides is 4. The molecule has 4 bridgehead atoms. The molecule has 2 aliphatic heterocycles. The first-order chi connectivity index (χ1) is 33.6. The van der Waals surface area contributed by atoms with E-state index >= 15 is 0 Å². The molecule has 6 aliphatic carbocycles. The fourth-order valence-electron chi connectivity index (χ4n) is 12.4. The number of carbonyl (C=O) groups excluding carboxylic acids is 4. The van der Waals surface area contributed by atoms with Crippen molar-refractivity contribution in [2.45, 2.75) is 145 Å². The SMILES string of the molecule is COC(=O)N[C@@H](CCSC)C(=O)N1C2CCCCC2C[C@H]1c1ncc(-c2cc3ccc2CCc2ccc(c(-c4cnc([C@@H]5CC6CCCCC6N5C(=O)[C@H](CCSC)NC(=O)OC)[nH]4)c2)C[C@H]3C)[nH]1. The third kappa shape index (κ3) is 10.4. The number of imidazole rings is 2. The van der Waals surface area contributed by atoms with Crippen LogP contribution < -0.4 is 10.6 Å². The lowest BCUT2D eigenvalue weighted by Gasteiger charge is -2.36. The Kier molecular flexibility index (Phi) is 15.6. The van der Waals surface area contributed by atoms with Crippen molar-refractivity contribution in [2.24, 2.45) is 11.8 Å². The summed E-state index contributed by atoms with van der Waals surface area (Å²) in [4.78, 5) is 75.7. The van der Waals surface area contributed by atoms with Crippen LogP contribution in [0.4, 0.5) is 9.59 Å². The number of ether oxygens (including phenoxy) is 2. The van der Waals surface area contributed by atoms with Gasteiger partial charge in [0.1, 0.15) is 23.7 Å². The number of nitrogens with zero attached hydrogens (tertiary/aromatic N) is 4. The van der Waals surface area contributed by atoms with E-state index < -0.39 is 24.3 Å². The number of hydrogen-bond donors (Lipinski definition) is 4. The minimum absolute atomic E-state index is 0.0530. The Balaban J connectivity index is 0.974. The highest BCUT2D eigenvalue weighted by molar-refractivity contribution is 7.98. The first-order valence-corrected chi connectivity index (χ1v) is 28.0. The summed E-state index contributed by atoms with van der Waals surface area (Å²) in [6.45, 7) is 2.29. The summed E-state index contributed by atoms with van der Waals surface area (Å²) in [5, 5.41) is 5.72. The van der Waals surface area contributed by atoms with Crippen molar-refractivity contribution < 1.29 is 28.7 Å². The summed E-state index contributed by atoms with van der Waals surface area (Å²) < 4.78 is 9.91. The summed E-state index contributed by atoms with van der Waals surface area (Å²) in [5.41, 5.74) is 9.11. The summed E-state index contributed by atoms with van der Waals surface area (Å²) in [7, 11) is 2.68. The zero-order valence-electron chi connectivity index (χ0n) is 40.9. The Bertz CT molecular complexity index is 2480. The van der Waals surface area contributed by atoms with Gasteiger partial charge in [0, 0.05) is 23.2 Å². The third-order valence-corrected chi connectivity index (χ3v) is 17.2. The lowest BCUT2D eigenvalue weighted by molar-refractivity contribution is -0.138. The van der Waals surface area contributed by atoms with Crippen molar-refractivity contribution in [3.8, 4) is 22.5 Å². The molecular weight excluding hydrogens is 909 g/mol. The van der Waals surface area contributed by atoms with Crippen molar-refractivity contribution in [1.82, 2.24) is 40.4 Å². The molecule has 370 valence electrons. The number of carbonyl (C=O) groups is 4. The van der Waals surface area contributed by atoms with Crippen LogP contribution >= 0.6 is 23.5 Å². The van der Waals surface area contributed by atoms with Gasteiger partial charge in [-0.25, -0.2) is 19.6 Å². The highest BCUT2D eigenvalue weighted by Gasteiger charge is 2.49. The number of hydrogen-bond acceptors (Lipinski definition) is 10. The van der Waals surface area contributed by atoms with E-state index in [1.807, 2.05) is 24.9 Å². The summed E-state index contributed by atoms with van der Waals surface area (Å²) >= 11 is 3.32. The van der Waals surface area contributed by atoms with E-state index in [9.17, 15) is 19.2 Å². The van der Waals surface area contributed by atoms with Crippen molar-refractivity contribution in [3.05, 3.63) is 82.7 Å². The minimum atomic E-state index is -0.668. The number of likely N-dealkylation sites (tertiary alicyclic amines) is 2. The molecule has 0 spiro atoms. The van der Waals surface area contributed by atoms with Gasteiger partial charge in [-0.2, -0.15) is 23.5 Å². The number of alkyl carbamates (subject to hydrolysis) is 2. The minimum Gasteiger partial charge on any atom is -0.453 e. The Morgan fingerprint density at radius 3 is 1.72 bits per heavy atom. The number of rotatable bonds is 14. The molecule has 4 N–H and O–H groups in total. The molecule has 4 heterocycles. The van der Waals surface area contributed by atoms with Gasteiger partial charge in [0.2, 0.25) is 11.8 Å². The van der Waals surface area contributed by atoms with Gasteiger partial charge in [-0.05, 0) is 147 Å². The van der Waals surface area contributed by atoms with Crippen LogP contribution in [-0.2, 0) is 38.3 Å². The quantitative estimate of drug-likeness (QED) is 0.0953. The monoisotopic (exact) mass is 978 g/mol. The maximum Gasteiger partial charge on any atom is 0.407 e. The highest BCUT2D eigenvalue weighted by atomic mass is 32.2. The second-order valence-corrected chi connectivity index (χ2v) is 22.0. The van der Waals surface area contributed by atoms with Crippen molar-refractivity contribution >= 4 is 47.5 Å². The normalized spacial score (nSPS) is 25.0. The molecule has 16 heteroatoms. The van der Waals surface area contributed by atoms with Crippen molar-refractivity contribution in [3.63, 3.8) is 0 Å². The average molecular weight is 979 g/mol. The Morgan fingerprint density at radius 1 is 0.696 bits per heavy atom. The second kappa shape index (κ2) is 22.0. The molecular formula is C53H70N8O6S2. The second-order valence-electron chi connectivity index (χ2n) is 20.0. The lowest BCUT2D eigenvalue weighted by Crippen LogP contribution is -2.52. The number of aromatic amines is 2. The molecule has 9 atom stereocenters. The first kappa shape index (κ1) is 49.0. The number of benzene rings is 2. The van der Waals surface area contributed by atoms with Crippen LogP contribution in [0.1, 0.15) is 136 Å². The van der Waals surface area contributed by atoms with E-state index in [4.69, 9.17) is 19.4 Å². The van der Waals surface area contributed by atoms with Crippen LogP contribution in [0, 0.1) is 11.8 Å². The molecule has 4 aromatic rings. The van der Waals surface area contributed by atoms with Gasteiger partial charge in [0.05, 0.1) is 50.1 Å². The maximum absolute atomic E-state index is 14.5. The van der Waals surface area contributed by atoms with Gasteiger partial charge < -0.3 is 39.9 Å². The van der Waals surface area contributed by atoms with E-state index in [2.05, 4.69) is 73.7 Å². The van der Waals surface area contributed by atoms with Crippen LogP contribution in [0.3, 0.4) is 0 Å². The van der Waals surface area contributed by atoms with Crippen LogP contribution in [0.5, 0.6) is 0 Å². The Labute approximate surface area is 415 Å². The molecule has 4 amide bonds. The fourth-order valence-corrected chi connectivity index (χ4v) is 13.3. The van der Waals surface area contributed by atoms with E-state index in [1.165, 1.54) is 36.5 Å². The fraction of sp³-hybridized carbons (Fsp3) is 0.585. The number of methoxy groups -OCH3 is 2. The number of aromatic nitrogens is 4. The summed E-state index contributed by atoms with van der Waals surface area (Å²) in [6, 6.07) is 12.2. The van der Waals surface area contributed by atoms with Gasteiger partial charge >= 0.3 is 12.2 Å². The molecule has 8 aliphatic rings. The average Bonchev–Trinajstić information content (AvgIpc) is 4.20. The third-order valence-electron chi connectivity index (χ3n) is 15.9. The Morgan fingerprint density at radius 2 is 1.20 bits per heavy atom. The largest absolute Gasteiger partial charge is 0.453 e. The molecule has 0 radical (unpaired) electrons. The molecule has 2 aromatic carbocycles. The van der Waals surface area contributed by atoms with E-state index in [0.29, 0.717) is 24.7 Å². The molecule has 14 nitrogen and oxygen atoms in total. The molecule has 2 saturated carbocycles. The standard InChI is InChI=1S/C53H70N8O6S2/c1-31-24-35-17-15-32(25-38(35)42-29-54-48(56-42)46-27-36-10-6-8-12-44(36)60(46)50(62)40(20-22-68-4)58-52(64)66-2)14-16-33-18-19-34(31)26-39(33)43-30-55-49(57-43)47-28-37-11-7-9-13-45(37)61(47)51(63)41(21-23-69-5)59-53(65)67-3/h15,17-19,25-26,29-31,36-37,40-41,44-47H,6-14,16,20-24,27-28H2,1-5H3,(H,54,56)(H,55,57)(H,58,64)(H,59,65)/t31-,36?,37?,40+,41+,44?,45?,46+,47+/m1/s1. The number of thioether (sulfide) groups is 2.